The third-order valence-electron chi connectivity index (χ3n) is 4.28. The van der Waals surface area contributed by atoms with Crippen LogP contribution in [0.5, 0.6) is 0 Å². The van der Waals surface area contributed by atoms with E-state index in [1.165, 1.54) is 38.5 Å². The predicted octanol–water partition coefficient (Wildman–Crippen LogP) is 3.97. The van der Waals surface area contributed by atoms with E-state index in [-0.39, 0.29) is 5.92 Å². The summed E-state index contributed by atoms with van der Waals surface area (Å²) in [5.74, 6) is -0.735. The van der Waals surface area contributed by atoms with Crippen molar-refractivity contribution in [3.63, 3.8) is 0 Å². The third-order valence-corrected chi connectivity index (χ3v) is 4.28. The van der Waals surface area contributed by atoms with Crippen LogP contribution in [0.4, 0.5) is 0 Å². The van der Waals surface area contributed by atoms with Gasteiger partial charge in [-0.05, 0) is 32.6 Å². The smallest absolute Gasteiger partial charge is 0.306 e. The predicted molar refractivity (Wildman–Crippen MR) is 79.4 cm³/mol. The Morgan fingerprint density at radius 1 is 1.26 bits per heavy atom. The molecule has 0 saturated heterocycles. The summed E-state index contributed by atoms with van der Waals surface area (Å²) in [7, 11) is 0. The Labute approximate surface area is 118 Å². The van der Waals surface area contributed by atoms with Crippen molar-refractivity contribution in [1.29, 1.82) is 0 Å². The number of carboxylic acids is 1. The Hall–Kier alpha value is -0.570. The molecule has 1 rings (SSSR count). The van der Waals surface area contributed by atoms with Crippen molar-refractivity contribution >= 4 is 5.97 Å². The Balaban J connectivity index is 2.13. The SMILES string of the molecule is CCCCCCCC(C)NC1CCCC(C(=O)O)C1. The molecular weight excluding hydrogens is 238 g/mol. The van der Waals surface area contributed by atoms with E-state index in [4.69, 9.17) is 5.11 Å². The van der Waals surface area contributed by atoms with E-state index in [9.17, 15) is 4.79 Å². The molecule has 2 N–H and O–H groups in total. The molecule has 3 atom stereocenters. The minimum absolute atomic E-state index is 0.122. The molecule has 0 aliphatic heterocycles. The molecule has 1 aliphatic rings. The van der Waals surface area contributed by atoms with Gasteiger partial charge in [0, 0.05) is 12.1 Å². The van der Waals surface area contributed by atoms with Gasteiger partial charge in [0.25, 0.3) is 0 Å². The molecule has 0 spiro atoms. The van der Waals surface area contributed by atoms with Gasteiger partial charge in [-0.15, -0.1) is 0 Å². The second kappa shape index (κ2) is 9.35. The summed E-state index contributed by atoms with van der Waals surface area (Å²) in [5, 5.41) is 12.7. The molecular formula is C16H31NO2. The third kappa shape index (κ3) is 6.95. The zero-order valence-electron chi connectivity index (χ0n) is 12.7. The normalized spacial score (nSPS) is 25.2. The summed E-state index contributed by atoms with van der Waals surface area (Å²) in [5.41, 5.74) is 0. The van der Waals surface area contributed by atoms with Crippen LogP contribution < -0.4 is 5.32 Å². The highest BCUT2D eigenvalue weighted by atomic mass is 16.4. The summed E-state index contributed by atoms with van der Waals surface area (Å²) in [6.45, 7) is 4.48. The lowest BCUT2D eigenvalue weighted by molar-refractivity contribution is -0.143. The first-order valence-corrected chi connectivity index (χ1v) is 8.12. The van der Waals surface area contributed by atoms with Crippen molar-refractivity contribution in [1.82, 2.24) is 5.32 Å². The standard InChI is InChI=1S/C16H31NO2/c1-3-4-5-6-7-9-13(2)17-15-11-8-10-14(12-15)16(18)19/h13-15,17H,3-12H2,1-2H3,(H,18,19). The summed E-state index contributed by atoms with van der Waals surface area (Å²) >= 11 is 0. The summed E-state index contributed by atoms with van der Waals surface area (Å²) < 4.78 is 0. The van der Waals surface area contributed by atoms with Gasteiger partial charge in [-0.3, -0.25) is 4.79 Å². The molecule has 3 heteroatoms. The molecule has 0 aromatic carbocycles. The van der Waals surface area contributed by atoms with E-state index >= 15 is 0 Å². The number of carboxylic acid groups (broad SMARTS) is 1. The van der Waals surface area contributed by atoms with Gasteiger partial charge in [0.1, 0.15) is 0 Å². The van der Waals surface area contributed by atoms with Gasteiger partial charge in [0.05, 0.1) is 5.92 Å². The van der Waals surface area contributed by atoms with Gasteiger partial charge in [-0.1, -0.05) is 45.4 Å². The first-order valence-electron chi connectivity index (χ1n) is 8.12. The molecule has 0 amide bonds. The van der Waals surface area contributed by atoms with Crippen LogP contribution in [-0.4, -0.2) is 23.2 Å². The van der Waals surface area contributed by atoms with Crippen LogP contribution in [0.3, 0.4) is 0 Å². The van der Waals surface area contributed by atoms with Crippen molar-refractivity contribution in [3.05, 3.63) is 0 Å². The van der Waals surface area contributed by atoms with Crippen LogP contribution in [0, 0.1) is 5.92 Å². The maximum atomic E-state index is 11.0. The van der Waals surface area contributed by atoms with Crippen molar-refractivity contribution in [2.24, 2.45) is 5.92 Å². The maximum Gasteiger partial charge on any atom is 0.306 e. The number of nitrogens with one attached hydrogen (secondary N) is 1. The van der Waals surface area contributed by atoms with E-state index in [1.54, 1.807) is 0 Å². The van der Waals surface area contributed by atoms with Crippen LogP contribution in [0.1, 0.15) is 78.1 Å². The van der Waals surface area contributed by atoms with Gasteiger partial charge < -0.3 is 10.4 Å². The Morgan fingerprint density at radius 2 is 2.00 bits per heavy atom. The molecule has 3 unspecified atom stereocenters. The molecule has 0 bridgehead atoms. The number of hydrogen-bond donors (Lipinski definition) is 2. The summed E-state index contributed by atoms with van der Waals surface area (Å²) in [4.78, 5) is 11.0. The summed E-state index contributed by atoms with van der Waals surface area (Å²) in [6, 6.07) is 0.944. The minimum Gasteiger partial charge on any atom is -0.481 e. The first kappa shape index (κ1) is 16.5. The molecule has 0 aromatic rings. The maximum absolute atomic E-state index is 11.0. The van der Waals surface area contributed by atoms with Crippen LogP contribution in [0.15, 0.2) is 0 Å². The molecule has 0 aromatic heterocycles. The molecule has 0 radical (unpaired) electrons. The van der Waals surface area contributed by atoms with Crippen LogP contribution >= 0.6 is 0 Å². The molecule has 1 fully saturated rings. The van der Waals surface area contributed by atoms with Crippen LogP contribution in [0.2, 0.25) is 0 Å². The number of hydrogen-bond acceptors (Lipinski definition) is 2. The largest absolute Gasteiger partial charge is 0.481 e. The Bertz CT molecular complexity index is 255. The van der Waals surface area contributed by atoms with Gasteiger partial charge >= 0.3 is 5.97 Å². The van der Waals surface area contributed by atoms with Crippen LogP contribution in [-0.2, 0) is 4.79 Å². The Kier molecular flexibility index (Phi) is 8.11. The fourth-order valence-electron chi connectivity index (χ4n) is 3.11. The van der Waals surface area contributed by atoms with E-state index in [2.05, 4.69) is 19.2 Å². The highest BCUT2D eigenvalue weighted by Gasteiger charge is 2.27. The van der Waals surface area contributed by atoms with Crippen molar-refractivity contribution in [3.8, 4) is 0 Å². The lowest BCUT2D eigenvalue weighted by Crippen LogP contribution is -2.41. The van der Waals surface area contributed by atoms with E-state index in [0.29, 0.717) is 12.1 Å². The highest BCUT2D eigenvalue weighted by Crippen LogP contribution is 2.25. The monoisotopic (exact) mass is 269 g/mol. The lowest BCUT2D eigenvalue weighted by atomic mass is 9.85. The van der Waals surface area contributed by atoms with Crippen molar-refractivity contribution < 1.29 is 9.90 Å². The molecule has 1 saturated carbocycles. The van der Waals surface area contributed by atoms with E-state index in [1.807, 2.05) is 0 Å². The highest BCUT2D eigenvalue weighted by molar-refractivity contribution is 5.70. The van der Waals surface area contributed by atoms with Crippen LogP contribution in [0.25, 0.3) is 0 Å². The lowest BCUT2D eigenvalue weighted by Gasteiger charge is -2.30. The van der Waals surface area contributed by atoms with Gasteiger partial charge in [-0.2, -0.15) is 0 Å². The van der Waals surface area contributed by atoms with Gasteiger partial charge in [0.15, 0.2) is 0 Å². The number of unbranched alkanes of at least 4 members (excludes halogenated alkanes) is 4. The molecule has 0 heterocycles. The van der Waals surface area contributed by atoms with Gasteiger partial charge in [-0.25, -0.2) is 0 Å². The second-order valence-corrected chi connectivity index (χ2v) is 6.17. The topological polar surface area (TPSA) is 49.3 Å². The quantitative estimate of drug-likeness (QED) is 0.623. The zero-order chi connectivity index (χ0) is 14.1. The number of rotatable bonds is 9. The molecule has 3 nitrogen and oxygen atoms in total. The molecule has 1 aliphatic carbocycles. The van der Waals surface area contributed by atoms with Gasteiger partial charge in [0.2, 0.25) is 0 Å². The molecule has 19 heavy (non-hydrogen) atoms. The minimum atomic E-state index is -0.612. The molecule has 112 valence electrons. The average molecular weight is 269 g/mol. The van der Waals surface area contributed by atoms with E-state index in [0.717, 1.165) is 25.7 Å². The number of aliphatic carboxylic acids is 1. The van der Waals surface area contributed by atoms with Crippen molar-refractivity contribution in [2.75, 3.05) is 0 Å². The number of carbonyl (C=O) groups is 1. The second-order valence-electron chi connectivity index (χ2n) is 6.17. The van der Waals surface area contributed by atoms with Crippen molar-refractivity contribution in [2.45, 2.75) is 90.1 Å². The fraction of sp³-hybridized carbons (Fsp3) is 0.938. The fourth-order valence-corrected chi connectivity index (χ4v) is 3.11. The zero-order valence-corrected chi connectivity index (χ0v) is 12.7. The average Bonchev–Trinajstić information content (AvgIpc) is 2.38. The summed E-state index contributed by atoms with van der Waals surface area (Å²) in [6.07, 6.45) is 11.7. The van der Waals surface area contributed by atoms with E-state index < -0.39 is 5.97 Å². The first-order chi connectivity index (χ1) is 9.13. The Morgan fingerprint density at radius 3 is 2.68 bits per heavy atom.